The zero-order valence-corrected chi connectivity index (χ0v) is 12.6. The van der Waals surface area contributed by atoms with Gasteiger partial charge < -0.3 is 9.88 Å². The van der Waals surface area contributed by atoms with Crippen molar-refractivity contribution in [3.8, 4) is 0 Å². The fraction of sp³-hybridized carbons (Fsp3) is 0.167. The van der Waals surface area contributed by atoms with Crippen LogP contribution in [0.4, 0.5) is 10.1 Å². The number of rotatable bonds is 3. The molecule has 1 aromatic heterocycles. The van der Waals surface area contributed by atoms with Crippen LogP contribution in [0.5, 0.6) is 0 Å². The van der Waals surface area contributed by atoms with Gasteiger partial charge in [-0.1, -0.05) is 12.1 Å². The summed E-state index contributed by atoms with van der Waals surface area (Å²) in [6.07, 6.45) is 1.64. The molecule has 112 valence electrons. The SMILES string of the molecule is CCN(C(=O)c1c[nH]c2cc(F)ccc12)c1cccc(C)c1. The zero-order chi connectivity index (χ0) is 15.7. The van der Waals surface area contributed by atoms with E-state index in [1.807, 2.05) is 38.1 Å². The van der Waals surface area contributed by atoms with E-state index in [4.69, 9.17) is 0 Å². The molecule has 0 bridgehead atoms. The number of halogens is 1. The number of fused-ring (bicyclic) bond motifs is 1. The van der Waals surface area contributed by atoms with Crippen molar-refractivity contribution >= 4 is 22.5 Å². The van der Waals surface area contributed by atoms with Crippen LogP contribution in [0.1, 0.15) is 22.8 Å². The molecular weight excluding hydrogens is 279 g/mol. The van der Waals surface area contributed by atoms with Gasteiger partial charge in [-0.25, -0.2) is 4.39 Å². The third-order valence-corrected chi connectivity index (χ3v) is 3.75. The van der Waals surface area contributed by atoms with Crippen LogP contribution in [0.2, 0.25) is 0 Å². The minimum atomic E-state index is -0.320. The highest BCUT2D eigenvalue weighted by atomic mass is 19.1. The van der Waals surface area contributed by atoms with Crippen molar-refractivity contribution in [3.05, 3.63) is 65.6 Å². The molecule has 0 saturated carbocycles. The van der Waals surface area contributed by atoms with Crippen molar-refractivity contribution in [2.45, 2.75) is 13.8 Å². The van der Waals surface area contributed by atoms with Crippen molar-refractivity contribution in [2.75, 3.05) is 11.4 Å². The number of hydrogen-bond acceptors (Lipinski definition) is 1. The minimum Gasteiger partial charge on any atom is -0.360 e. The molecule has 0 unspecified atom stereocenters. The predicted octanol–water partition coefficient (Wildman–Crippen LogP) is 4.28. The molecule has 3 rings (SSSR count). The van der Waals surface area contributed by atoms with Crippen LogP contribution >= 0.6 is 0 Å². The van der Waals surface area contributed by atoms with Crippen LogP contribution in [-0.2, 0) is 0 Å². The molecule has 0 spiro atoms. The molecule has 22 heavy (non-hydrogen) atoms. The lowest BCUT2D eigenvalue weighted by atomic mass is 10.1. The lowest BCUT2D eigenvalue weighted by Gasteiger charge is -2.21. The van der Waals surface area contributed by atoms with E-state index in [0.717, 1.165) is 16.6 Å². The molecule has 2 aromatic carbocycles. The molecule has 0 saturated heterocycles. The molecule has 0 radical (unpaired) electrons. The van der Waals surface area contributed by atoms with E-state index in [-0.39, 0.29) is 11.7 Å². The number of H-pyrrole nitrogens is 1. The third kappa shape index (κ3) is 2.48. The first-order chi connectivity index (χ1) is 10.6. The molecule has 1 N–H and O–H groups in total. The standard InChI is InChI=1S/C18H17FN2O/c1-3-21(14-6-4-5-12(2)9-14)18(22)16-11-20-17-10-13(19)7-8-15(16)17/h4-11,20H,3H2,1-2H3. The summed E-state index contributed by atoms with van der Waals surface area (Å²) in [5.41, 5.74) is 3.15. The van der Waals surface area contributed by atoms with Crippen molar-refractivity contribution in [3.63, 3.8) is 0 Å². The Morgan fingerprint density at radius 1 is 1.23 bits per heavy atom. The number of nitrogens with zero attached hydrogens (tertiary/aromatic N) is 1. The molecule has 1 amide bonds. The highest BCUT2D eigenvalue weighted by Gasteiger charge is 2.19. The first-order valence-corrected chi connectivity index (χ1v) is 7.25. The fourth-order valence-corrected chi connectivity index (χ4v) is 2.66. The van der Waals surface area contributed by atoms with E-state index in [1.165, 1.54) is 12.1 Å². The Balaban J connectivity index is 2.03. The molecule has 0 aliphatic heterocycles. The van der Waals surface area contributed by atoms with Gasteiger partial charge in [-0.3, -0.25) is 4.79 Å². The van der Waals surface area contributed by atoms with Crippen LogP contribution in [-0.4, -0.2) is 17.4 Å². The summed E-state index contributed by atoms with van der Waals surface area (Å²) in [5.74, 6) is -0.412. The highest BCUT2D eigenvalue weighted by molar-refractivity contribution is 6.14. The van der Waals surface area contributed by atoms with Gasteiger partial charge in [0.05, 0.1) is 5.56 Å². The van der Waals surface area contributed by atoms with Gasteiger partial charge in [0.2, 0.25) is 0 Å². The normalized spacial score (nSPS) is 10.9. The second-order valence-electron chi connectivity index (χ2n) is 5.28. The maximum absolute atomic E-state index is 13.3. The maximum atomic E-state index is 13.3. The van der Waals surface area contributed by atoms with Crippen LogP contribution in [0, 0.1) is 12.7 Å². The second kappa shape index (κ2) is 5.64. The number of anilines is 1. The summed E-state index contributed by atoms with van der Waals surface area (Å²) in [5, 5.41) is 0.734. The Bertz CT molecular complexity index is 838. The van der Waals surface area contributed by atoms with Gasteiger partial charge in [0.1, 0.15) is 5.82 Å². The number of amides is 1. The Labute approximate surface area is 128 Å². The van der Waals surface area contributed by atoms with Gasteiger partial charge in [0.15, 0.2) is 0 Å². The number of aromatic amines is 1. The van der Waals surface area contributed by atoms with E-state index >= 15 is 0 Å². The number of benzene rings is 2. The molecule has 4 heteroatoms. The average Bonchev–Trinajstić information content (AvgIpc) is 2.90. The van der Waals surface area contributed by atoms with Crippen molar-refractivity contribution in [2.24, 2.45) is 0 Å². The number of aromatic nitrogens is 1. The van der Waals surface area contributed by atoms with Gasteiger partial charge in [0, 0.05) is 29.3 Å². The molecule has 3 aromatic rings. The quantitative estimate of drug-likeness (QED) is 0.769. The number of hydrogen-bond donors (Lipinski definition) is 1. The molecule has 3 nitrogen and oxygen atoms in total. The summed E-state index contributed by atoms with van der Waals surface area (Å²) in [6.45, 7) is 4.50. The zero-order valence-electron chi connectivity index (χ0n) is 12.6. The minimum absolute atomic E-state index is 0.0917. The molecule has 0 aliphatic rings. The summed E-state index contributed by atoms with van der Waals surface area (Å²) in [4.78, 5) is 17.5. The number of aryl methyl sites for hydroxylation is 1. The average molecular weight is 296 g/mol. The van der Waals surface area contributed by atoms with Crippen molar-refractivity contribution < 1.29 is 9.18 Å². The molecular formula is C18H17FN2O. The van der Waals surface area contributed by atoms with E-state index in [0.29, 0.717) is 17.6 Å². The molecule has 0 atom stereocenters. The number of carbonyl (C=O) groups is 1. The van der Waals surface area contributed by atoms with Crippen LogP contribution < -0.4 is 4.90 Å². The van der Waals surface area contributed by atoms with Crippen molar-refractivity contribution in [1.29, 1.82) is 0 Å². The van der Waals surface area contributed by atoms with E-state index < -0.39 is 0 Å². The van der Waals surface area contributed by atoms with Gasteiger partial charge in [-0.05, 0) is 49.7 Å². The number of carbonyl (C=O) groups excluding carboxylic acids is 1. The fourth-order valence-electron chi connectivity index (χ4n) is 2.66. The first kappa shape index (κ1) is 14.3. The van der Waals surface area contributed by atoms with Crippen LogP contribution in [0.3, 0.4) is 0 Å². The van der Waals surface area contributed by atoms with Crippen LogP contribution in [0.15, 0.2) is 48.7 Å². The summed E-state index contributed by atoms with van der Waals surface area (Å²) < 4.78 is 13.3. The molecule has 0 aliphatic carbocycles. The second-order valence-corrected chi connectivity index (χ2v) is 5.28. The summed E-state index contributed by atoms with van der Waals surface area (Å²) in [7, 11) is 0. The Morgan fingerprint density at radius 2 is 2.05 bits per heavy atom. The van der Waals surface area contributed by atoms with Gasteiger partial charge in [-0.15, -0.1) is 0 Å². The third-order valence-electron chi connectivity index (χ3n) is 3.75. The smallest absolute Gasteiger partial charge is 0.260 e. The lowest BCUT2D eigenvalue weighted by Crippen LogP contribution is -2.30. The molecule has 1 heterocycles. The highest BCUT2D eigenvalue weighted by Crippen LogP contribution is 2.24. The Morgan fingerprint density at radius 3 is 2.77 bits per heavy atom. The summed E-state index contributed by atoms with van der Waals surface area (Å²) >= 11 is 0. The van der Waals surface area contributed by atoms with Gasteiger partial charge in [0.25, 0.3) is 5.91 Å². The first-order valence-electron chi connectivity index (χ1n) is 7.25. The van der Waals surface area contributed by atoms with Crippen LogP contribution in [0.25, 0.3) is 10.9 Å². The van der Waals surface area contributed by atoms with Gasteiger partial charge >= 0.3 is 0 Å². The largest absolute Gasteiger partial charge is 0.360 e. The predicted molar refractivity (Wildman–Crippen MR) is 86.8 cm³/mol. The van der Waals surface area contributed by atoms with Crippen molar-refractivity contribution in [1.82, 2.24) is 4.98 Å². The van der Waals surface area contributed by atoms with E-state index in [9.17, 15) is 9.18 Å². The van der Waals surface area contributed by atoms with E-state index in [2.05, 4.69) is 4.98 Å². The Hall–Kier alpha value is -2.62. The topological polar surface area (TPSA) is 36.1 Å². The monoisotopic (exact) mass is 296 g/mol. The lowest BCUT2D eigenvalue weighted by molar-refractivity contribution is 0.0990. The summed E-state index contributed by atoms with van der Waals surface area (Å²) in [6, 6.07) is 12.2. The number of nitrogens with one attached hydrogen (secondary N) is 1. The van der Waals surface area contributed by atoms with E-state index in [1.54, 1.807) is 17.2 Å². The molecule has 0 fully saturated rings. The maximum Gasteiger partial charge on any atom is 0.260 e. The van der Waals surface area contributed by atoms with Gasteiger partial charge in [-0.2, -0.15) is 0 Å². The Kier molecular flexibility index (Phi) is 3.67.